The number of allylic oxidation sites excluding steroid dienone is 1. The Hall–Kier alpha value is -3.02. The lowest BCUT2D eigenvalue weighted by Gasteiger charge is -2.14. The van der Waals surface area contributed by atoms with E-state index in [2.05, 4.69) is 37.9 Å². The molecule has 140 valence electrons. The van der Waals surface area contributed by atoms with Crippen LogP contribution in [-0.2, 0) is 0 Å². The van der Waals surface area contributed by atoms with Gasteiger partial charge in [-0.25, -0.2) is 9.37 Å². The van der Waals surface area contributed by atoms with Crippen LogP contribution in [0.3, 0.4) is 0 Å². The van der Waals surface area contributed by atoms with Crippen LogP contribution in [0.5, 0.6) is 0 Å². The number of anilines is 1. The number of hydrogen-bond acceptors (Lipinski definition) is 4. The van der Waals surface area contributed by atoms with E-state index in [-0.39, 0.29) is 6.54 Å². The lowest BCUT2D eigenvalue weighted by atomic mass is 10.0. The van der Waals surface area contributed by atoms with E-state index < -0.39 is 5.67 Å². The third-order valence-corrected chi connectivity index (χ3v) is 4.20. The summed E-state index contributed by atoms with van der Waals surface area (Å²) < 4.78 is 13.6. The maximum Gasteiger partial charge on any atom is 0.224 e. The van der Waals surface area contributed by atoms with Gasteiger partial charge in [-0.1, -0.05) is 12.6 Å². The Morgan fingerprint density at radius 1 is 1.41 bits per heavy atom. The van der Waals surface area contributed by atoms with Crippen molar-refractivity contribution in [2.45, 2.75) is 33.4 Å². The summed E-state index contributed by atoms with van der Waals surface area (Å²) in [4.78, 5) is 16.5. The highest BCUT2D eigenvalue weighted by atomic mass is 19.1. The Labute approximate surface area is 158 Å². The van der Waals surface area contributed by atoms with Crippen molar-refractivity contribution in [1.82, 2.24) is 15.0 Å². The molecule has 0 saturated heterocycles. The number of alkyl halides is 1. The molecule has 0 spiro atoms. The molecule has 0 atom stereocenters. The number of nitrogens with zero attached hydrogens (tertiary/aromatic N) is 3. The Morgan fingerprint density at radius 2 is 2.19 bits per heavy atom. The summed E-state index contributed by atoms with van der Waals surface area (Å²) in [6.07, 6.45) is 5.40. The lowest BCUT2D eigenvalue weighted by molar-refractivity contribution is 0.234. The topological polar surface area (TPSA) is 66.0 Å². The predicted octanol–water partition coefficient (Wildman–Crippen LogP) is 5.37. The minimum absolute atomic E-state index is 0.150. The van der Waals surface area contributed by atoms with Gasteiger partial charge in [0.05, 0.1) is 12.2 Å². The van der Waals surface area contributed by atoms with E-state index >= 15 is 0 Å². The zero-order valence-corrected chi connectivity index (χ0v) is 16.1. The summed E-state index contributed by atoms with van der Waals surface area (Å²) in [6, 6.07) is 6.12. The van der Waals surface area contributed by atoms with Gasteiger partial charge < -0.3 is 10.3 Å². The zero-order chi connectivity index (χ0) is 19.6. The van der Waals surface area contributed by atoms with Gasteiger partial charge in [0.2, 0.25) is 5.95 Å². The summed E-state index contributed by atoms with van der Waals surface area (Å²) in [7, 11) is 0. The van der Waals surface area contributed by atoms with Gasteiger partial charge in [0.15, 0.2) is 0 Å². The highest BCUT2D eigenvalue weighted by molar-refractivity contribution is 5.95. The number of hydrogen-bond donors (Lipinski definition) is 2. The van der Waals surface area contributed by atoms with Gasteiger partial charge in [-0.15, -0.1) is 0 Å². The van der Waals surface area contributed by atoms with E-state index in [1.54, 1.807) is 12.3 Å². The van der Waals surface area contributed by atoms with Crippen molar-refractivity contribution in [2.24, 2.45) is 4.99 Å². The first-order chi connectivity index (χ1) is 12.8. The fourth-order valence-corrected chi connectivity index (χ4v) is 2.70. The first-order valence-electron chi connectivity index (χ1n) is 8.82. The fraction of sp³-hybridized carbons (Fsp3) is 0.286. The predicted molar refractivity (Wildman–Crippen MR) is 111 cm³/mol. The summed E-state index contributed by atoms with van der Waals surface area (Å²) in [6.45, 7) is 10.9. The Kier molecular flexibility index (Phi) is 5.08. The summed E-state index contributed by atoms with van der Waals surface area (Å²) in [5, 5.41) is 3.84. The SMILES string of the molecule is C=CC(C)=Nc1ccc(-c2c[nH]c3nc(NCC(C)(C)F)ncc23)cc1C. The van der Waals surface area contributed by atoms with E-state index in [0.717, 1.165) is 33.5 Å². The number of rotatable bonds is 6. The van der Waals surface area contributed by atoms with Crippen molar-refractivity contribution in [1.29, 1.82) is 0 Å². The Bertz CT molecular complexity index is 1010. The number of nitrogens with one attached hydrogen (secondary N) is 2. The van der Waals surface area contributed by atoms with Gasteiger partial charge in [-0.05, 0) is 57.0 Å². The number of aromatic nitrogens is 3. The van der Waals surface area contributed by atoms with Crippen LogP contribution in [0.2, 0.25) is 0 Å². The molecule has 2 N–H and O–H groups in total. The minimum atomic E-state index is -1.33. The molecule has 5 nitrogen and oxygen atoms in total. The van der Waals surface area contributed by atoms with Crippen LogP contribution >= 0.6 is 0 Å². The molecule has 0 unspecified atom stereocenters. The van der Waals surface area contributed by atoms with Crippen molar-refractivity contribution in [3.63, 3.8) is 0 Å². The number of aliphatic imine (C=N–C) groups is 1. The molecular formula is C21H24FN5. The standard InChI is InChI=1S/C21H24FN5/c1-6-14(3)26-18-8-7-15(9-13(18)2)16-10-23-19-17(16)11-24-20(27-19)25-12-21(4,5)22/h6-11H,1,12H2,2-5H3,(H2,23,24,25,27). The number of aryl methyl sites for hydroxylation is 1. The van der Waals surface area contributed by atoms with Crippen molar-refractivity contribution in [2.75, 3.05) is 11.9 Å². The molecular weight excluding hydrogens is 341 g/mol. The first kappa shape index (κ1) is 18.8. The molecule has 6 heteroatoms. The van der Waals surface area contributed by atoms with Crippen molar-refractivity contribution < 1.29 is 4.39 Å². The molecule has 2 heterocycles. The molecule has 2 aromatic heterocycles. The molecule has 1 aromatic carbocycles. The smallest absolute Gasteiger partial charge is 0.224 e. The molecule has 0 saturated carbocycles. The molecule has 3 rings (SSSR count). The molecule has 0 aliphatic carbocycles. The second kappa shape index (κ2) is 7.31. The van der Waals surface area contributed by atoms with Crippen LogP contribution in [0, 0.1) is 6.92 Å². The highest BCUT2D eigenvalue weighted by Crippen LogP contribution is 2.31. The van der Waals surface area contributed by atoms with Gasteiger partial charge in [0.1, 0.15) is 11.3 Å². The Balaban J connectivity index is 1.91. The molecule has 0 radical (unpaired) electrons. The van der Waals surface area contributed by atoms with E-state index in [1.165, 1.54) is 13.8 Å². The normalized spacial score (nSPS) is 12.4. The highest BCUT2D eigenvalue weighted by Gasteiger charge is 2.16. The monoisotopic (exact) mass is 365 g/mol. The molecule has 0 bridgehead atoms. The molecule has 0 fully saturated rings. The average Bonchev–Trinajstić information content (AvgIpc) is 3.04. The van der Waals surface area contributed by atoms with Crippen LogP contribution in [0.15, 0.2) is 48.2 Å². The van der Waals surface area contributed by atoms with Gasteiger partial charge in [-0.3, -0.25) is 4.99 Å². The van der Waals surface area contributed by atoms with Crippen LogP contribution in [-0.4, -0.2) is 32.9 Å². The van der Waals surface area contributed by atoms with Crippen LogP contribution < -0.4 is 5.32 Å². The number of H-pyrrole nitrogens is 1. The number of benzene rings is 1. The van der Waals surface area contributed by atoms with Gasteiger partial charge in [0.25, 0.3) is 0 Å². The third kappa shape index (κ3) is 4.39. The van der Waals surface area contributed by atoms with Gasteiger partial charge in [0, 0.05) is 29.1 Å². The van der Waals surface area contributed by atoms with Gasteiger partial charge >= 0.3 is 0 Å². The molecule has 0 aliphatic rings. The minimum Gasteiger partial charge on any atom is -0.351 e. The summed E-state index contributed by atoms with van der Waals surface area (Å²) in [5.41, 5.74) is 4.33. The van der Waals surface area contributed by atoms with Crippen LogP contribution in [0.25, 0.3) is 22.2 Å². The van der Waals surface area contributed by atoms with E-state index in [9.17, 15) is 4.39 Å². The maximum absolute atomic E-state index is 13.6. The molecule has 27 heavy (non-hydrogen) atoms. The molecule has 0 aliphatic heterocycles. The maximum atomic E-state index is 13.6. The van der Waals surface area contributed by atoms with E-state index in [1.807, 2.05) is 32.2 Å². The molecule has 3 aromatic rings. The summed E-state index contributed by atoms with van der Waals surface area (Å²) in [5.74, 6) is 0.405. The average molecular weight is 365 g/mol. The van der Waals surface area contributed by atoms with E-state index in [0.29, 0.717) is 11.6 Å². The fourth-order valence-electron chi connectivity index (χ4n) is 2.70. The van der Waals surface area contributed by atoms with Crippen molar-refractivity contribution in [3.8, 4) is 11.1 Å². The van der Waals surface area contributed by atoms with E-state index in [4.69, 9.17) is 0 Å². The van der Waals surface area contributed by atoms with Gasteiger partial charge in [-0.2, -0.15) is 4.98 Å². The zero-order valence-electron chi connectivity index (χ0n) is 16.1. The third-order valence-electron chi connectivity index (χ3n) is 4.20. The number of fused-ring (bicyclic) bond motifs is 1. The van der Waals surface area contributed by atoms with Crippen molar-refractivity contribution in [3.05, 3.63) is 48.8 Å². The number of halogens is 1. The van der Waals surface area contributed by atoms with Crippen LogP contribution in [0.1, 0.15) is 26.3 Å². The largest absolute Gasteiger partial charge is 0.351 e. The second-order valence-corrected chi connectivity index (χ2v) is 7.19. The summed E-state index contributed by atoms with van der Waals surface area (Å²) >= 11 is 0. The molecule has 0 amide bonds. The lowest BCUT2D eigenvalue weighted by Crippen LogP contribution is -2.25. The first-order valence-corrected chi connectivity index (χ1v) is 8.82. The Morgan fingerprint density at radius 3 is 2.85 bits per heavy atom. The van der Waals surface area contributed by atoms with Crippen molar-refractivity contribution >= 4 is 28.4 Å². The van der Waals surface area contributed by atoms with Crippen LogP contribution in [0.4, 0.5) is 16.0 Å². The second-order valence-electron chi connectivity index (χ2n) is 7.19. The number of aromatic amines is 1. The quantitative estimate of drug-likeness (QED) is 0.577.